The zero-order valence-corrected chi connectivity index (χ0v) is 22.4. The SMILES string of the molecule is O=C(CN1C(=O)C2(CCCC2)NC[C@H]1c1cc(F)cc(F)c1)Nc1ccc2c(c1)C[C@@]1(C2)C(=O)Nc2ccccc21. The second-order valence-corrected chi connectivity index (χ2v) is 11.8. The van der Waals surface area contributed by atoms with Crippen LogP contribution in [0.1, 0.15) is 54.0 Å². The topological polar surface area (TPSA) is 90.5 Å². The summed E-state index contributed by atoms with van der Waals surface area (Å²) >= 11 is 0. The lowest BCUT2D eigenvalue weighted by molar-refractivity contribution is -0.147. The van der Waals surface area contributed by atoms with Gasteiger partial charge in [0.15, 0.2) is 0 Å². The summed E-state index contributed by atoms with van der Waals surface area (Å²) in [5.41, 5.74) is 3.36. The molecule has 1 saturated carbocycles. The van der Waals surface area contributed by atoms with Crippen LogP contribution in [0.2, 0.25) is 0 Å². The van der Waals surface area contributed by atoms with Crippen molar-refractivity contribution in [3.8, 4) is 0 Å². The summed E-state index contributed by atoms with van der Waals surface area (Å²) in [6, 6.07) is 15.9. The van der Waals surface area contributed by atoms with Gasteiger partial charge in [0.1, 0.15) is 18.2 Å². The van der Waals surface area contributed by atoms with Crippen molar-refractivity contribution in [2.24, 2.45) is 0 Å². The predicted molar refractivity (Wildman–Crippen MR) is 149 cm³/mol. The summed E-state index contributed by atoms with van der Waals surface area (Å²) in [6.07, 6.45) is 4.24. The third-order valence-corrected chi connectivity index (χ3v) is 9.32. The highest BCUT2D eigenvalue weighted by Crippen LogP contribution is 2.47. The normalized spacial score (nSPS) is 24.0. The Balaban J connectivity index is 1.12. The lowest BCUT2D eigenvalue weighted by Crippen LogP contribution is -2.64. The summed E-state index contributed by atoms with van der Waals surface area (Å²) in [5, 5.41) is 9.28. The highest BCUT2D eigenvalue weighted by Gasteiger charge is 2.51. The molecule has 0 radical (unpaired) electrons. The second-order valence-electron chi connectivity index (χ2n) is 11.8. The standard InChI is InChI=1S/C32H30F2N4O3/c33-22-11-20(12-23(34)14-22)27-17-35-32(9-3-4-10-32)30(41)38(27)18-28(39)36-24-8-7-19-15-31(16-21(19)13-24)25-5-1-2-6-26(25)37-29(31)40/h1-2,5-8,11-14,27,35H,3-4,9-10,15-18H2,(H,36,39)(H,37,40)/t27-,31+/m0/s1. The van der Waals surface area contributed by atoms with E-state index in [9.17, 15) is 23.2 Å². The molecule has 3 N–H and O–H groups in total. The summed E-state index contributed by atoms with van der Waals surface area (Å²) in [5.74, 6) is -2.09. The van der Waals surface area contributed by atoms with E-state index in [1.165, 1.54) is 17.0 Å². The van der Waals surface area contributed by atoms with E-state index in [4.69, 9.17) is 0 Å². The summed E-state index contributed by atoms with van der Waals surface area (Å²) in [7, 11) is 0. The molecule has 3 aromatic carbocycles. The molecular weight excluding hydrogens is 526 g/mol. The maximum atomic E-state index is 14.1. The predicted octanol–water partition coefficient (Wildman–Crippen LogP) is 4.38. The van der Waals surface area contributed by atoms with Crippen LogP contribution in [0.25, 0.3) is 0 Å². The summed E-state index contributed by atoms with van der Waals surface area (Å²) in [4.78, 5) is 41.7. The fourth-order valence-corrected chi connectivity index (χ4v) is 7.34. The van der Waals surface area contributed by atoms with Gasteiger partial charge in [0, 0.05) is 24.0 Å². The molecule has 2 aliphatic carbocycles. The Morgan fingerprint density at radius 3 is 2.46 bits per heavy atom. The number of para-hydroxylation sites is 1. The molecule has 3 amide bonds. The molecular formula is C32H30F2N4O3. The fraction of sp³-hybridized carbons (Fsp3) is 0.344. The minimum atomic E-state index is -0.747. The summed E-state index contributed by atoms with van der Waals surface area (Å²) < 4.78 is 28.2. The molecule has 7 nitrogen and oxygen atoms in total. The van der Waals surface area contributed by atoms with E-state index in [1.54, 1.807) is 0 Å². The molecule has 0 bridgehead atoms. The van der Waals surface area contributed by atoms with Crippen LogP contribution < -0.4 is 16.0 Å². The van der Waals surface area contributed by atoms with Crippen LogP contribution in [-0.4, -0.2) is 41.2 Å². The molecule has 2 heterocycles. The van der Waals surface area contributed by atoms with Gasteiger partial charge in [-0.1, -0.05) is 37.1 Å². The Morgan fingerprint density at radius 2 is 1.68 bits per heavy atom. The molecule has 7 rings (SSSR count). The number of nitrogens with zero attached hydrogens (tertiary/aromatic N) is 1. The van der Waals surface area contributed by atoms with E-state index in [1.807, 2.05) is 42.5 Å². The first kappa shape index (κ1) is 25.8. The van der Waals surface area contributed by atoms with Crippen LogP contribution in [0.15, 0.2) is 60.7 Å². The van der Waals surface area contributed by atoms with E-state index >= 15 is 0 Å². The van der Waals surface area contributed by atoms with Crippen LogP contribution in [0, 0.1) is 11.6 Å². The molecule has 9 heteroatoms. The fourth-order valence-electron chi connectivity index (χ4n) is 7.34. The first-order valence-corrected chi connectivity index (χ1v) is 14.1. The number of amides is 3. The van der Waals surface area contributed by atoms with Gasteiger partial charge in [-0.15, -0.1) is 0 Å². The molecule has 4 aliphatic rings. The lowest BCUT2D eigenvalue weighted by atomic mass is 9.79. The van der Waals surface area contributed by atoms with Gasteiger partial charge in [-0.05, 0) is 78.3 Å². The van der Waals surface area contributed by atoms with Crippen LogP contribution in [0.4, 0.5) is 20.2 Å². The van der Waals surface area contributed by atoms with Crippen molar-refractivity contribution in [3.63, 3.8) is 0 Å². The number of hydrogen-bond acceptors (Lipinski definition) is 4. The Kier molecular flexibility index (Phi) is 5.97. The number of anilines is 2. The van der Waals surface area contributed by atoms with Crippen molar-refractivity contribution < 1.29 is 23.2 Å². The maximum Gasteiger partial charge on any atom is 0.244 e. The number of carbonyl (C=O) groups is 3. The first-order valence-electron chi connectivity index (χ1n) is 14.1. The second kappa shape index (κ2) is 9.48. The Bertz CT molecular complexity index is 1580. The zero-order valence-electron chi connectivity index (χ0n) is 22.4. The van der Waals surface area contributed by atoms with Crippen molar-refractivity contribution in [2.45, 2.75) is 55.5 Å². The van der Waals surface area contributed by atoms with Gasteiger partial charge >= 0.3 is 0 Å². The van der Waals surface area contributed by atoms with Crippen molar-refractivity contribution in [3.05, 3.63) is 94.6 Å². The quantitative estimate of drug-likeness (QED) is 0.445. The number of hydrogen-bond donors (Lipinski definition) is 3. The van der Waals surface area contributed by atoms with E-state index in [2.05, 4.69) is 16.0 Å². The number of halogens is 2. The van der Waals surface area contributed by atoms with Crippen LogP contribution in [0.5, 0.6) is 0 Å². The molecule has 210 valence electrons. The number of carbonyl (C=O) groups excluding carboxylic acids is 3. The Labute approximate surface area is 236 Å². The minimum absolute atomic E-state index is 0.0154. The Hall–Kier alpha value is -4.11. The van der Waals surface area contributed by atoms with Crippen molar-refractivity contribution in [2.75, 3.05) is 23.7 Å². The molecule has 2 spiro atoms. The smallest absolute Gasteiger partial charge is 0.244 e. The van der Waals surface area contributed by atoms with E-state index in [0.29, 0.717) is 43.5 Å². The van der Waals surface area contributed by atoms with Crippen molar-refractivity contribution >= 4 is 29.1 Å². The van der Waals surface area contributed by atoms with Gasteiger partial charge in [0.2, 0.25) is 17.7 Å². The molecule has 41 heavy (non-hydrogen) atoms. The minimum Gasteiger partial charge on any atom is -0.325 e. The average Bonchev–Trinajstić information content (AvgIpc) is 3.63. The molecule has 2 aliphatic heterocycles. The maximum absolute atomic E-state index is 14.1. The number of benzene rings is 3. The largest absolute Gasteiger partial charge is 0.325 e. The van der Waals surface area contributed by atoms with Gasteiger partial charge < -0.3 is 20.9 Å². The number of rotatable bonds is 4. The molecule has 3 aromatic rings. The highest BCUT2D eigenvalue weighted by molar-refractivity contribution is 6.07. The van der Waals surface area contributed by atoms with E-state index in [-0.39, 0.29) is 18.4 Å². The molecule has 1 saturated heterocycles. The third-order valence-electron chi connectivity index (χ3n) is 9.32. The van der Waals surface area contributed by atoms with Gasteiger partial charge in [-0.25, -0.2) is 8.78 Å². The van der Waals surface area contributed by atoms with Crippen molar-refractivity contribution in [1.29, 1.82) is 0 Å². The lowest BCUT2D eigenvalue weighted by Gasteiger charge is -2.45. The number of piperazine rings is 1. The average molecular weight is 557 g/mol. The first-order chi connectivity index (χ1) is 19.8. The molecule has 2 fully saturated rings. The van der Waals surface area contributed by atoms with Crippen LogP contribution >= 0.6 is 0 Å². The molecule has 0 unspecified atom stereocenters. The van der Waals surface area contributed by atoms with E-state index < -0.39 is 34.5 Å². The van der Waals surface area contributed by atoms with Gasteiger partial charge in [-0.2, -0.15) is 0 Å². The number of fused-ring (bicyclic) bond motifs is 3. The molecule has 2 atom stereocenters. The van der Waals surface area contributed by atoms with Gasteiger partial charge in [-0.3, -0.25) is 14.4 Å². The van der Waals surface area contributed by atoms with E-state index in [0.717, 1.165) is 41.3 Å². The van der Waals surface area contributed by atoms with Gasteiger partial charge in [0.25, 0.3) is 0 Å². The zero-order chi connectivity index (χ0) is 28.4. The van der Waals surface area contributed by atoms with Gasteiger partial charge in [0.05, 0.1) is 17.0 Å². The monoisotopic (exact) mass is 556 g/mol. The number of nitrogens with one attached hydrogen (secondary N) is 3. The Morgan fingerprint density at radius 1 is 0.951 bits per heavy atom. The van der Waals surface area contributed by atoms with Crippen LogP contribution in [-0.2, 0) is 32.6 Å². The summed E-state index contributed by atoms with van der Waals surface area (Å²) in [6.45, 7) is 0.0498. The van der Waals surface area contributed by atoms with Crippen molar-refractivity contribution in [1.82, 2.24) is 10.2 Å². The third kappa shape index (κ3) is 4.22. The molecule has 0 aromatic heterocycles. The highest BCUT2D eigenvalue weighted by atomic mass is 19.1. The van der Waals surface area contributed by atoms with Crippen LogP contribution in [0.3, 0.4) is 0 Å².